The van der Waals surface area contributed by atoms with E-state index in [4.69, 9.17) is 15.0 Å². The van der Waals surface area contributed by atoms with E-state index in [2.05, 4.69) is 200 Å². The first kappa shape index (κ1) is 41.5. The van der Waals surface area contributed by atoms with E-state index in [1.54, 1.807) is 11.3 Å². The number of fused-ring (bicyclic) bond motifs is 15. The normalized spacial score (nSPS) is 12.2. The molecule has 334 valence electrons. The summed E-state index contributed by atoms with van der Waals surface area (Å²) < 4.78 is 3.20. The molecule has 0 fully saturated rings. The molecule has 0 unspecified atom stereocenters. The SMILES string of the molecule is CC(C)(C)c1cc2c(O)c(c1)-n1c3ccc(-c4c(-c5ccccc5)cccc4-c4ccccc4)cc3c3ccc(nc31)-c1cc(cc3nc(-c4ccccc4)sc13)N(c1ccccc1)c1cccc-2n1. The molecule has 1 aliphatic heterocycles. The molecule has 1 N–H and O–H groups in total. The van der Waals surface area contributed by atoms with Crippen molar-refractivity contribution in [2.75, 3.05) is 4.90 Å². The van der Waals surface area contributed by atoms with Crippen LogP contribution in [-0.4, -0.2) is 24.6 Å². The number of para-hydroxylation sites is 1. The first-order valence-electron chi connectivity index (χ1n) is 23.7. The van der Waals surface area contributed by atoms with Crippen molar-refractivity contribution in [2.45, 2.75) is 26.2 Å². The number of benzene rings is 8. The average Bonchev–Trinajstić information content (AvgIpc) is 3.98. The summed E-state index contributed by atoms with van der Waals surface area (Å²) in [5.41, 5.74) is 16.8. The van der Waals surface area contributed by atoms with Gasteiger partial charge in [0.2, 0.25) is 0 Å². The molecule has 70 heavy (non-hydrogen) atoms. The van der Waals surface area contributed by atoms with Gasteiger partial charge >= 0.3 is 0 Å². The van der Waals surface area contributed by atoms with Gasteiger partial charge in [-0.05, 0) is 117 Å². The highest BCUT2D eigenvalue weighted by atomic mass is 32.1. The van der Waals surface area contributed by atoms with Crippen molar-refractivity contribution >= 4 is 60.7 Å². The molecular formula is C63H45N5OS. The van der Waals surface area contributed by atoms with Crippen molar-refractivity contribution in [3.05, 3.63) is 218 Å². The predicted molar refractivity (Wildman–Crippen MR) is 291 cm³/mol. The number of rotatable bonds is 5. The number of hydrogen-bond acceptors (Lipinski definition) is 6. The number of phenolic OH excluding ortho intramolecular Hbond substituents is 1. The monoisotopic (exact) mass is 919 g/mol. The van der Waals surface area contributed by atoms with Crippen LogP contribution < -0.4 is 4.90 Å². The zero-order chi connectivity index (χ0) is 47.1. The second-order valence-electron chi connectivity index (χ2n) is 19.0. The molecule has 13 rings (SSSR count). The van der Waals surface area contributed by atoms with Crippen LogP contribution in [0, 0.1) is 0 Å². The summed E-state index contributed by atoms with van der Waals surface area (Å²) in [6.45, 7) is 6.64. The molecule has 6 nitrogen and oxygen atoms in total. The van der Waals surface area contributed by atoms with Crippen molar-refractivity contribution in [3.63, 3.8) is 0 Å². The second kappa shape index (κ2) is 16.3. The fourth-order valence-electron chi connectivity index (χ4n) is 10.2. The third-order valence-electron chi connectivity index (χ3n) is 13.6. The van der Waals surface area contributed by atoms with Crippen LogP contribution in [-0.2, 0) is 5.41 Å². The van der Waals surface area contributed by atoms with Gasteiger partial charge in [-0.3, -0.25) is 9.47 Å². The molecule has 7 heteroatoms. The van der Waals surface area contributed by atoms with E-state index < -0.39 is 0 Å². The Morgan fingerprint density at radius 2 is 1.11 bits per heavy atom. The topological polar surface area (TPSA) is 67.1 Å². The predicted octanol–water partition coefficient (Wildman–Crippen LogP) is 17.0. The third-order valence-corrected chi connectivity index (χ3v) is 14.8. The largest absolute Gasteiger partial charge is 0.505 e. The Labute approximate surface area is 410 Å². The lowest BCUT2D eigenvalue weighted by Gasteiger charge is -2.26. The van der Waals surface area contributed by atoms with Crippen molar-refractivity contribution in [2.24, 2.45) is 0 Å². The second-order valence-corrected chi connectivity index (χ2v) is 20.0. The molecule has 0 radical (unpaired) electrons. The van der Waals surface area contributed by atoms with Crippen LogP contribution in [0.4, 0.5) is 17.2 Å². The number of pyridine rings is 2. The van der Waals surface area contributed by atoms with Crippen molar-refractivity contribution in [3.8, 4) is 77.9 Å². The molecule has 12 aromatic rings. The molecule has 1 aliphatic rings. The lowest BCUT2D eigenvalue weighted by Crippen LogP contribution is -2.14. The van der Waals surface area contributed by atoms with Gasteiger partial charge in [0.25, 0.3) is 0 Å². The maximum atomic E-state index is 12.9. The van der Waals surface area contributed by atoms with E-state index in [9.17, 15) is 5.11 Å². The van der Waals surface area contributed by atoms with Gasteiger partial charge in [-0.15, -0.1) is 11.3 Å². The minimum Gasteiger partial charge on any atom is -0.505 e. The number of hydrogen-bond donors (Lipinski definition) is 1. The molecule has 0 saturated heterocycles. The molecule has 0 aliphatic carbocycles. The van der Waals surface area contributed by atoms with Gasteiger partial charge in [0.05, 0.1) is 38.5 Å². The van der Waals surface area contributed by atoms with E-state index in [1.165, 1.54) is 0 Å². The lowest BCUT2D eigenvalue weighted by atomic mass is 9.85. The zero-order valence-electron chi connectivity index (χ0n) is 38.8. The summed E-state index contributed by atoms with van der Waals surface area (Å²) >= 11 is 1.68. The molecule has 8 aromatic carbocycles. The highest BCUT2D eigenvalue weighted by Crippen LogP contribution is 2.48. The standard InChI is InChI=1S/C63H45N5OS/c1-63(2,3)43-35-50-52-28-17-29-57(64-52)67(44-24-14-7-15-25-44)45-37-51(60-54(38-45)66-62(70-60)41-22-12-6-13-23-41)53-32-31-48-49-34-42(30-33-55(49)68(61(48)65-53)56(36-43)59(50)69)58-46(39-18-8-4-9-19-39)26-16-27-47(58)40-20-10-5-11-21-40/h4-38,69H,1-3H3. The summed E-state index contributed by atoms with van der Waals surface area (Å²) in [6.07, 6.45) is 0. The zero-order valence-corrected chi connectivity index (χ0v) is 39.6. The lowest BCUT2D eigenvalue weighted by molar-refractivity contribution is 0.473. The molecule has 0 amide bonds. The molecule has 5 heterocycles. The molecule has 0 spiro atoms. The maximum absolute atomic E-state index is 12.9. The highest BCUT2D eigenvalue weighted by Gasteiger charge is 2.28. The van der Waals surface area contributed by atoms with Crippen LogP contribution in [0.25, 0.3) is 104 Å². The van der Waals surface area contributed by atoms with E-state index in [0.29, 0.717) is 22.8 Å². The Morgan fingerprint density at radius 3 is 1.80 bits per heavy atom. The Hall–Kier alpha value is -8.65. The first-order chi connectivity index (χ1) is 34.2. The van der Waals surface area contributed by atoms with Crippen LogP contribution >= 0.6 is 11.3 Å². The number of thiazole rings is 1. The third kappa shape index (κ3) is 6.88. The van der Waals surface area contributed by atoms with Crippen LogP contribution in [0.5, 0.6) is 5.75 Å². The van der Waals surface area contributed by atoms with Gasteiger partial charge in [0.1, 0.15) is 22.2 Å². The highest BCUT2D eigenvalue weighted by molar-refractivity contribution is 7.22. The molecule has 8 bridgehead atoms. The van der Waals surface area contributed by atoms with Gasteiger partial charge in [-0.1, -0.05) is 160 Å². The van der Waals surface area contributed by atoms with E-state index in [-0.39, 0.29) is 11.2 Å². The number of anilines is 3. The first-order valence-corrected chi connectivity index (χ1v) is 24.5. The average molecular weight is 920 g/mol. The molecular weight excluding hydrogens is 875 g/mol. The van der Waals surface area contributed by atoms with Gasteiger partial charge < -0.3 is 5.11 Å². The van der Waals surface area contributed by atoms with Crippen molar-refractivity contribution in [1.29, 1.82) is 0 Å². The van der Waals surface area contributed by atoms with Crippen LogP contribution in [0.2, 0.25) is 0 Å². The Kier molecular flexibility index (Phi) is 9.65. The van der Waals surface area contributed by atoms with Crippen LogP contribution in [0.15, 0.2) is 212 Å². The number of aromatic nitrogens is 4. The van der Waals surface area contributed by atoms with Gasteiger partial charge in [0, 0.05) is 33.2 Å². The Bertz CT molecular complexity index is 3930. The summed E-state index contributed by atoms with van der Waals surface area (Å²) in [5, 5.41) is 15.9. The van der Waals surface area contributed by atoms with Gasteiger partial charge in [-0.25, -0.2) is 15.0 Å². The fraction of sp³-hybridized carbons (Fsp3) is 0.0635. The van der Waals surface area contributed by atoms with Crippen molar-refractivity contribution in [1.82, 2.24) is 19.5 Å². The van der Waals surface area contributed by atoms with Crippen LogP contribution in [0.3, 0.4) is 0 Å². The summed E-state index contributed by atoms with van der Waals surface area (Å²) in [7, 11) is 0. The quantitative estimate of drug-likeness (QED) is 0.186. The molecule has 0 saturated carbocycles. The Balaban J connectivity index is 1.15. The minimum absolute atomic E-state index is 0.132. The van der Waals surface area contributed by atoms with Gasteiger partial charge in [0.15, 0.2) is 0 Å². The number of aromatic hydroxyl groups is 1. The summed E-state index contributed by atoms with van der Waals surface area (Å²) in [4.78, 5) is 18.7. The maximum Gasteiger partial charge on any atom is 0.149 e. The summed E-state index contributed by atoms with van der Waals surface area (Å²) in [6, 6.07) is 74.4. The van der Waals surface area contributed by atoms with Crippen molar-refractivity contribution < 1.29 is 5.11 Å². The van der Waals surface area contributed by atoms with Gasteiger partial charge in [-0.2, -0.15) is 0 Å². The molecule has 0 atom stereocenters. The van der Waals surface area contributed by atoms with E-state index in [0.717, 1.165) is 104 Å². The van der Waals surface area contributed by atoms with Crippen LogP contribution in [0.1, 0.15) is 26.3 Å². The summed E-state index contributed by atoms with van der Waals surface area (Å²) in [5.74, 6) is 0.841. The fourth-order valence-corrected chi connectivity index (χ4v) is 11.2. The smallest absolute Gasteiger partial charge is 0.149 e. The minimum atomic E-state index is -0.276. The van der Waals surface area contributed by atoms with E-state index in [1.807, 2.05) is 42.5 Å². The number of phenols is 1. The Morgan fingerprint density at radius 1 is 0.471 bits per heavy atom. The molecule has 4 aromatic heterocycles. The number of nitrogens with zero attached hydrogens (tertiary/aromatic N) is 5. The van der Waals surface area contributed by atoms with E-state index >= 15 is 0 Å².